The summed E-state index contributed by atoms with van der Waals surface area (Å²) in [6, 6.07) is 5.18. The number of nitro groups is 1. The van der Waals surface area contributed by atoms with Gasteiger partial charge in [0.2, 0.25) is 0 Å². The van der Waals surface area contributed by atoms with Crippen molar-refractivity contribution in [2.45, 2.75) is 19.8 Å². The molecule has 0 bridgehead atoms. The lowest BCUT2D eigenvalue weighted by atomic mass is 10.1. The molecular weight excluding hydrogens is 254 g/mol. The summed E-state index contributed by atoms with van der Waals surface area (Å²) in [5, 5.41) is 10.8. The van der Waals surface area contributed by atoms with E-state index >= 15 is 0 Å². The maximum absolute atomic E-state index is 10.8. The van der Waals surface area contributed by atoms with Crippen LogP contribution in [0.15, 0.2) is 18.2 Å². The largest absolute Gasteiger partial charge is 0.369 e. The van der Waals surface area contributed by atoms with E-state index in [4.69, 9.17) is 0 Å². The molecule has 0 spiro atoms. The number of piperazine rings is 1. The highest BCUT2D eigenvalue weighted by atomic mass is 16.6. The first-order chi connectivity index (χ1) is 9.63. The zero-order valence-electron chi connectivity index (χ0n) is 11.9. The van der Waals surface area contributed by atoms with Crippen molar-refractivity contribution in [1.82, 2.24) is 4.90 Å². The Hall–Kier alpha value is -1.62. The molecule has 2 aliphatic rings. The van der Waals surface area contributed by atoms with E-state index in [0.29, 0.717) is 0 Å². The van der Waals surface area contributed by atoms with E-state index in [0.717, 1.165) is 43.3 Å². The summed E-state index contributed by atoms with van der Waals surface area (Å²) < 4.78 is 0. The average molecular weight is 275 g/mol. The van der Waals surface area contributed by atoms with Crippen LogP contribution in [0.1, 0.15) is 18.4 Å². The summed E-state index contributed by atoms with van der Waals surface area (Å²) in [6.07, 6.45) is 2.81. The minimum Gasteiger partial charge on any atom is -0.369 e. The predicted octanol–water partition coefficient (Wildman–Crippen LogP) is 2.44. The van der Waals surface area contributed by atoms with Gasteiger partial charge in [0.15, 0.2) is 0 Å². The smallest absolute Gasteiger partial charge is 0.269 e. The highest BCUT2D eigenvalue weighted by Crippen LogP contribution is 2.31. The molecule has 2 fully saturated rings. The minimum atomic E-state index is -0.329. The van der Waals surface area contributed by atoms with Crippen LogP contribution in [-0.4, -0.2) is 42.5 Å². The molecule has 0 N–H and O–H groups in total. The summed E-state index contributed by atoms with van der Waals surface area (Å²) in [5.74, 6) is 0.947. The minimum absolute atomic E-state index is 0.179. The normalized spacial score (nSPS) is 20.1. The molecule has 1 saturated heterocycles. The molecule has 1 aromatic rings. The fourth-order valence-electron chi connectivity index (χ4n) is 2.94. The van der Waals surface area contributed by atoms with E-state index in [1.54, 1.807) is 12.1 Å². The first-order valence-corrected chi connectivity index (χ1v) is 7.36. The Kier molecular flexibility index (Phi) is 3.61. The third-order valence-electron chi connectivity index (χ3n) is 4.32. The Morgan fingerprint density at radius 1 is 1.25 bits per heavy atom. The van der Waals surface area contributed by atoms with Gasteiger partial charge in [-0.25, -0.2) is 0 Å². The molecule has 1 aliphatic carbocycles. The summed E-state index contributed by atoms with van der Waals surface area (Å²) in [6.45, 7) is 7.46. The SMILES string of the molecule is Cc1cc([N+](=O)[O-])ccc1N1CCN(CC2CC2)CC1. The number of rotatable bonds is 4. The van der Waals surface area contributed by atoms with Crippen molar-refractivity contribution in [3.63, 3.8) is 0 Å². The van der Waals surface area contributed by atoms with Crippen LogP contribution in [-0.2, 0) is 0 Å². The molecule has 0 atom stereocenters. The van der Waals surface area contributed by atoms with Crippen LogP contribution in [0.2, 0.25) is 0 Å². The number of nitro benzene ring substituents is 1. The van der Waals surface area contributed by atoms with E-state index in [9.17, 15) is 10.1 Å². The van der Waals surface area contributed by atoms with Crippen molar-refractivity contribution in [2.75, 3.05) is 37.6 Å². The molecule has 108 valence electrons. The van der Waals surface area contributed by atoms with Crippen LogP contribution in [0.4, 0.5) is 11.4 Å². The first-order valence-electron chi connectivity index (χ1n) is 7.36. The Bertz CT molecular complexity index is 506. The lowest BCUT2D eigenvalue weighted by Crippen LogP contribution is -2.47. The van der Waals surface area contributed by atoms with Gasteiger partial charge in [-0.15, -0.1) is 0 Å². The molecule has 0 radical (unpaired) electrons. The highest BCUT2D eigenvalue weighted by molar-refractivity contribution is 5.57. The Morgan fingerprint density at radius 2 is 1.95 bits per heavy atom. The Labute approximate surface area is 119 Å². The number of non-ortho nitro benzene ring substituents is 1. The fraction of sp³-hybridized carbons (Fsp3) is 0.600. The van der Waals surface area contributed by atoms with Gasteiger partial charge in [0.05, 0.1) is 4.92 Å². The third kappa shape index (κ3) is 2.93. The first kappa shape index (κ1) is 13.4. The number of aryl methyl sites for hydroxylation is 1. The standard InChI is InChI=1S/C15H21N3O2/c1-12-10-14(18(19)20)4-5-15(12)17-8-6-16(7-9-17)11-13-2-3-13/h4-5,10,13H,2-3,6-9,11H2,1H3. The third-order valence-corrected chi connectivity index (χ3v) is 4.32. The zero-order valence-corrected chi connectivity index (χ0v) is 11.9. The second-order valence-corrected chi connectivity index (χ2v) is 5.96. The van der Waals surface area contributed by atoms with Crippen molar-refractivity contribution in [2.24, 2.45) is 5.92 Å². The summed E-state index contributed by atoms with van der Waals surface area (Å²) in [4.78, 5) is 15.3. The van der Waals surface area contributed by atoms with Gasteiger partial charge in [-0.2, -0.15) is 0 Å². The highest BCUT2D eigenvalue weighted by Gasteiger charge is 2.26. The molecule has 20 heavy (non-hydrogen) atoms. The maximum Gasteiger partial charge on any atom is 0.269 e. The number of benzene rings is 1. The van der Waals surface area contributed by atoms with Gasteiger partial charge in [-0.05, 0) is 37.3 Å². The van der Waals surface area contributed by atoms with Gasteiger partial charge in [0.1, 0.15) is 0 Å². The monoisotopic (exact) mass is 275 g/mol. The molecular formula is C15H21N3O2. The molecule has 3 rings (SSSR count). The molecule has 1 heterocycles. The van der Waals surface area contributed by atoms with E-state index in [2.05, 4.69) is 9.80 Å². The van der Waals surface area contributed by atoms with Crippen LogP contribution in [0.25, 0.3) is 0 Å². The number of hydrogen-bond donors (Lipinski definition) is 0. The van der Waals surface area contributed by atoms with Gasteiger partial charge in [0.25, 0.3) is 5.69 Å². The fourth-order valence-corrected chi connectivity index (χ4v) is 2.94. The Balaban J connectivity index is 1.63. The molecule has 1 aliphatic heterocycles. The zero-order chi connectivity index (χ0) is 14.1. The van der Waals surface area contributed by atoms with Crippen LogP contribution in [0.5, 0.6) is 0 Å². The average Bonchev–Trinajstić information content (AvgIpc) is 3.24. The van der Waals surface area contributed by atoms with Gasteiger partial charge < -0.3 is 4.90 Å². The number of anilines is 1. The van der Waals surface area contributed by atoms with Gasteiger partial charge in [-0.1, -0.05) is 0 Å². The molecule has 5 nitrogen and oxygen atoms in total. The van der Waals surface area contributed by atoms with E-state index in [1.165, 1.54) is 19.4 Å². The van der Waals surface area contributed by atoms with Crippen LogP contribution >= 0.6 is 0 Å². The quantitative estimate of drug-likeness (QED) is 0.625. The van der Waals surface area contributed by atoms with Gasteiger partial charge in [0, 0.05) is 50.5 Å². The molecule has 0 unspecified atom stereocenters. The lowest BCUT2D eigenvalue weighted by Gasteiger charge is -2.36. The number of nitrogens with zero attached hydrogens (tertiary/aromatic N) is 3. The summed E-state index contributed by atoms with van der Waals surface area (Å²) in [7, 11) is 0. The predicted molar refractivity (Wildman–Crippen MR) is 79.2 cm³/mol. The van der Waals surface area contributed by atoms with Crippen LogP contribution < -0.4 is 4.90 Å². The van der Waals surface area contributed by atoms with Crippen LogP contribution in [0, 0.1) is 23.0 Å². The second kappa shape index (κ2) is 5.40. The number of hydrogen-bond acceptors (Lipinski definition) is 4. The topological polar surface area (TPSA) is 49.6 Å². The van der Waals surface area contributed by atoms with Crippen molar-refractivity contribution >= 4 is 11.4 Å². The van der Waals surface area contributed by atoms with E-state index in [-0.39, 0.29) is 10.6 Å². The van der Waals surface area contributed by atoms with Crippen molar-refractivity contribution in [3.05, 3.63) is 33.9 Å². The molecule has 0 aromatic heterocycles. The Morgan fingerprint density at radius 3 is 2.50 bits per heavy atom. The molecule has 5 heteroatoms. The molecule has 0 amide bonds. The van der Waals surface area contributed by atoms with Crippen molar-refractivity contribution in [1.29, 1.82) is 0 Å². The lowest BCUT2D eigenvalue weighted by molar-refractivity contribution is -0.384. The summed E-state index contributed by atoms with van der Waals surface area (Å²) >= 11 is 0. The maximum atomic E-state index is 10.8. The molecule has 1 saturated carbocycles. The van der Waals surface area contributed by atoms with E-state index in [1.807, 2.05) is 13.0 Å². The van der Waals surface area contributed by atoms with Crippen molar-refractivity contribution in [3.8, 4) is 0 Å². The molecule has 1 aromatic carbocycles. The second-order valence-electron chi connectivity index (χ2n) is 5.96. The van der Waals surface area contributed by atoms with Crippen LogP contribution in [0.3, 0.4) is 0 Å². The van der Waals surface area contributed by atoms with Gasteiger partial charge >= 0.3 is 0 Å². The van der Waals surface area contributed by atoms with Crippen molar-refractivity contribution < 1.29 is 4.92 Å². The van der Waals surface area contributed by atoms with Gasteiger partial charge in [-0.3, -0.25) is 15.0 Å². The summed E-state index contributed by atoms with van der Waals surface area (Å²) in [5.41, 5.74) is 2.31. The van der Waals surface area contributed by atoms with E-state index < -0.39 is 0 Å².